The lowest BCUT2D eigenvalue weighted by atomic mass is 10.1. The standard InChI is InChI=1S/C28H41N3O5S2/c1-20(2)17-31(38(35,36)24-14-10-22(4)11-15-24)26(28(33)34)7-5-6-16-30-27(32)25(29)19-37-18-23-12-8-21(3)9-13-23/h8-15,20,25-26H,5-7,16-19,29H2,1-4H3,(H,30,32)(H,33,34)/t25-,26-/m0/s1. The molecule has 0 bridgehead atoms. The molecule has 0 aromatic heterocycles. The van der Waals surface area contributed by atoms with Crippen molar-refractivity contribution in [2.24, 2.45) is 11.7 Å². The lowest BCUT2D eigenvalue weighted by Crippen LogP contribution is -2.46. The Labute approximate surface area is 231 Å². The number of aliphatic carboxylic acids is 1. The summed E-state index contributed by atoms with van der Waals surface area (Å²) in [4.78, 5) is 24.6. The molecule has 0 aliphatic carbocycles. The number of carboxylic acid groups (broad SMARTS) is 1. The van der Waals surface area contributed by atoms with E-state index in [-0.39, 0.29) is 29.7 Å². The molecule has 2 aromatic carbocycles. The molecule has 0 radical (unpaired) electrons. The summed E-state index contributed by atoms with van der Waals surface area (Å²) < 4.78 is 27.8. The molecule has 0 heterocycles. The van der Waals surface area contributed by atoms with Crippen molar-refractivity contribution in [1.29, 1.82) is 0 Å². The number of carbonyl (C=O) groups excluding carboxylic acids is 1. The third kappa shape index (κ3) is 10.1. The van der Waals surface area contributed by atoms with E-state index in [0.717, 1.165) is 15.6 Å². The van der Waals surface area contributed by atoms with E-state index in [1.807, 2.05) is 27.7 Å². The highest BCUT2D eigenvalue weighted by atomic mass is 32.2. The third-order valence-electron chi connectivity index (χ3n) is 6.03. The van der Waals surface area contributed by atoms with Crippen LogP contribution in [-0.4, -0.2) is 60.6 Å². The number of nitrogens with two attached hydrogens (primary N) is 1. The van der Waals surface area contributed by atoms with Crippen molar-refractivity contribution < 1.29 is 23.1 Å². The summed E-state index contributed by atoms with van der Waals surface area (Å²) in [5.74, 6) is -0.225. The minimum absolute atomic E-state index is 0.0540. The fourth-order valence-corrected chi connectivity index (χ4v) is 6.59. The van der Waals surface area contributed by atoms with E-state index in [9.17, 15) is 23.1 Å². The molecular formula is C28H41N3O5S2. The summed E-state index contributed by atoms with van der Waals surface area (Å²) in [5, 5.41) is 12.7. The molecule has 1 amide bonds. The summed E-state index contributed by atoms with van der Waals surface area (Å²) in [5.41, 5.74) is 9.32. The number of carbonyl (C=O) groups is 2. The first-order valence-electron chi connectivity index (χ1n) is 12.9. The molecule has 2 aromatic rings. The lowest BCUT2D eigenvalue weighted by molar-refractivity contribution is -0.142. The number of rotatable bonds is 16. The van der Waals surface area contributed by atoms with Crippen molar-refractivity contribution in [3.8, 4) is 0 Å². The van der Waals surface area contributed by atoms with Crippen LogP contribution in [0.2, 0.25) is 0 Å². The van der Waals surface area contributed by atoms with Gasteiger partial charge in [0, 0.05) is 24.6 Å². The maximum Gasteiger partial charge on any atom is 0.322 e. The molecule has 0 saturated heterocycles. The number of hydrogen-bond donors (Lipinski definition) is 3. The highest BCUT2D eigenvalue weighted by molar-refractivity contribution is 7.98. The molecule has 0 unspecified atom stereocenters. The van der Waals surface area contributed by atoms with E-state index in [0.29, 0.717) is 25.1 Å². The van der Waals surface area contributed by atoms with Gasteiger partial charge in [-0.1, -0.05) is 61.4 Å². The SMILES string of the molecule is Cc1ccc(CSC[C@H](N)C(=O)NCCCC[C@@H](C(=O)O)N(CC(C)C)S(=O)(=O)c2ccc(C)cc2)cc1. The van der Waals surface area contributed by atoms with Crippen LogP contribution >= 0.6 is 11.8 Å². The Morgan fingerprint density at radius 3 is 2.13 bits per heavy atom. The van der Waals surface area contributed by atoms with E-state index in [4.69, 9.17) is 5.73 Å². The van der Waals surface area contributed by atoms with Crippen LogP contribution in [0.5, 0.6) is 0 Å². The van der Waals surface area contributed by atoms with E-state index in [2.05, 4.69) is 29.6 Å². The van der Waals surface area contributed by atoms with Gasteiger partial charge in [0.1, 0.15) is 6.04 Å². The van der Waals surface area contributed by atoms with E-state index in [1.165, 1.54) is 23.3 Å². The van der Waals surface area contributed by atoms with Crippen molar-refractivity contribution in [2.75, 3.05) is 18.8 Å². The first-order chi connectivity index (χ1) is 17.9. The number of benzene rings is 2. The second kappa shape index (κ2) is 15.3. The molecule has 0 saturated carbocycles. The third-order valence-corrected chi connectivity index (χ3v) is 9.05. The van der Waals surface area contributed by atoms with E-state index in [1.54, 1.807) is 23.9 Å². The molecular weight excluding hydrogens is 522 g/mol. The van der Waals surface area contributed by atoms with Crippen molar-refractivity contribution in [2.45, 2.75) is 69.7 Å². The largest absolute Gasteiger partial charge is 0.480 e. The van der Waals surface area contributed by atoms with Crippen LogP contribution in [-0.2, 0) is 25.4 Å². The van der Waals surface area contributed by atoms with Crippen LogP contribution in [0.25, 0.3) is 0 Å². The summed E-state index contributed by atoms with van der Waals surface area (Å²) in [7, 11) is -3.99. The number of hydrogen-bond acceptors (Lipinski definition) is 6. The maximum absolute atomic E-state index is 13.4. The number of carboxylic acids is 1. The first kappa shape index (κ1) is 31.8. The van der Waals surface area contributed by atoms with Crippen molar-refractivity contribution >= 4 is 33.7 Å². The topological polar surface area (TPSA) is 130 Å². The predicted octanol–water partition coefficient (Wildman–Crippen LogP) is 3.95. The van der Waals surface area contributed by atoms with Gasteiger partial charge in [0.15, 0.2) is 0 Å². The van der Waals surface area contributed by atoms with Crippen LogP contribution in [0.3, 0.4) is 0 Å². The van der Waals surface area contributed by atoms with E-state index >= 15 is 0 Å². The van der Waals surface area contributed by atoms with Crippen molar-refractivity contribution in [3.63, 3.8) is 0 Å². The Morgan fingerprint density at radius 2 is 1.58 bits per heavy atom. The fourth-order valence-electron chi connectivity index (χ4n) is 3.86. The predicted molar refractivity (Wildman–Crippen MR) is 154 cm³/mol. The summed E-state index contributed by atoms with van der Waals surface area (Å²) >= 11 is 1.60. The fraction of sp³-hybridized carbons (Fsp3) is 0.500. The number of nitrogens with one attached hydrogen (secondary N) is 1. The Hall–Kier alpha value is -2.40. The van der Waals surface area contributed by atoms with Crippen molar-refractivity contribution in [1.82, 2.24) is 9.62 Å². The molecule has 8 nitrogen and oxygen atoms in total. The quantitative estimate of drug-likeness (QED) is 0.264. The van der Waals surface area contributed by atoms with Crippen LogP contribution in [0.4, 0.5) is 0 Å². The summed E-state index contributed by atoms with van der Waals surface area (Å²) in [6.07, 6.45) is 1.09. The van der Waals surface area contributed by atoms with Gasteiger partial charge >= 0.3 is 5.97 Å². The lowest BCUT2D eigenvalue weighted by Gasteiger charge is -2.29. The highest BCUT2D eigenvalue weighted by Crippen LogP contribution is 2.23. The summed E-state index contributed by atoms with van der Waals surface area (Å²) in [6, 6.07) is 12.8. The zero-order valence-corrected chi connectivity index (χ0v) is 24.4. The second-order valence-electron chi connectivity index (χ2n) is 10.0. The van der Waals surface area contributed by atoms with E-state index < -0.39 is 28.1 Å². The van der Waals surface area contributed by atoms with Gasteiger partial charge in [-0.2, -0.15) is 16.1 Å². The average molecular weight is 564 g/mol. The molecule has 210 valence electrons. The second-order valence-corrected chi connectivity index (χ2v) is 13.0. The molecule has 0 spiro atoms. The van der Waals surface area contributed by atoms with Gasteiger partial charge < -0.3 is 16.2 Å². The zero-order valence-electron chi connectivity index (χ0n) is 22.7. The monoisotopic (exact) mass is 563 g/mol. The molecule has 10 heteroatoms. The molecule has 4 N–H and O–H groups in total. The Morgan fingerprint density at radius 1 is 1.00 bits per heavy atom. The van der Waals surface area contributed by atoms with Crippen LogP contribution < -0.4 is 11.1 Å². The zero-order chi connectivity index (χ0) is 28.3. The van der Waals surface area contributed by atoms with Gasteiger partial charge in [0.2, 0.25) is 15.9 Å². The molecule has 38 heavy (non-hydrogen) atoms. The molecule has 2 rings (SSSR count). The minimum atomic E-state index is -3.99. The van der Waals surface area contributed by atoms with Crippen LogP contribution in [0.1, 0.15) is 49.8 Å². The number of aryl methyl sites for hydroxylation is 2. The summed E-state index contributed by atoms with van der Waals surface area (Å²) in [6.45, 7) is 8.05. The van der Waals surface area contributed by atoms with Gasteiger partial charge in [0.25, 0.3) is 0 Å². The average Bonchev–Trinajstić information content (AvgIpc) is 2.86. The number of thioether (sulfide) groups is 1. The van der Waals surface area contributed by atoms with Gasteiger partial charge in [-0.25, -0.2) is 8.42 Å². The van der Waals surface area contributed by atoms with Gasteiger partial charge in [-0.05, 0) is 56.7 Å². The van der Waals surface area contributed by atoms with Crippen LogP contribution in [0.15, 0.2) is 53.4 Å². The van der Waals surface area contributed by atoms with Gasteiger partial charge in [-0.15, -0.1) is 0 Å². The van der Waals surface area contributed by atoms with Crippen molar-refractivity contribution in [3.05, 3.63) is 65.2 Å². The minimum Gasteiger partial charge on any atom is -0.480 e. The number of nitrogens with zero attached hydrogens (tertiary/aromatic N) is 1. The molecule has 0 aliphatic rings. The van der Waals surface area contributed by atoms with Crippen LogP contribution in [0, 0.1) is 19.8 Å². The first-order valence-corrected chi connectivity index (χ1v) is 15.5. The molecule has 0 fully saturated rings. The number of amides is 1. The van der Waals surface area contributed by atoms with Gasteiger partial charge in [-0.3, -0.25) is 9.59 Å². The van der Waals surface area contributed by atoms with Gasteiger partial charge in [0.05, 0.1) is 10.9 Å². The molecule has 0 aliphatic heterocycles. The molecule has 2 atom stereocenters. The number of unbranched alkanes of at least 4 members (excludes halogenated alkanes) is 1. The normalized spacial score (nSPS) is 13.4. The smallest absolute Gasteiger partial charge is 0.322 e. The highest BCUT2D eigenvalue weighted by Gasteiger charge is 2.36. The number of sulfonamides is 1. The Bertz CT molecular complexity index is 1140. The maximum atomic E-state index is 13.4. The Kier molecular flexibility index (Phi) is 12.8. The Balaban J connectivity index is 1.86.